The second kappa shape index (κ2) is 8.55. The number of aldehydes is 1. The minimum atomic E-state index is -0.272. The molecule has 0 amide bonds. The van der Waals surface area contributed by atoms with Gasteiger partial charge in [0.2, 0.25) is 0 Å². The highest BCUT2D eigenvalue weighted by atomic mass is 79.9. The van der Waals surface area contributed by atoms with Gasteiger partial charge in [-0.3, -0.25) is 0 Å². The number of aromatic amines is 1. The molecule has 2 N–H and O–H groups in total. The van der Waals surface area contributed by atoms with E-state index < -0.39 is 0 Å². The van der Waals surface area contributed by atoms with Gasteiger partial charge in [-0.2, -0.15) is 0 Å². The lowest BCUT2D eigenvalue weighted by Crippen LogP contribution is -2.54. The largest absolute Gasteiger partial charge is 0.495 e. The molecule has 0 saturated carbocycles. The molecule has 8 heteroatoms. The molecule has 3 aromatic rings. The number of anilines is 3. The Morgan fingerprint density at radius 3 is 2.90 bits per heavy atom. The highest BCUT2D eigenvalue weighted by Crippen LogP contribution is 2.34. The molecule has 1 aliphatic rings. The zero-order valence-electron chi connectivity index (χ0n) is 17.4. The number of carbonyl (C=O) groups excluding carboxylic acids is 1. The van der Waals surface area contributed by atoms with E-state index in [0.29, 0.717) is 19.1 Å². The van der Waals surface area contributed by atoms with Crippen molar-refractivity contribution in [1.82, 2.24) is 9.97 Å². The van der Waals surface area contributed by atoms with E-state index in [1.807, 2.05) is 24.3 Å². The first-order valence-electron chi connectivity index (χ1n) is 10.0. The standard InChI is InChI=1S/C22H26BrN5O2/c1-14(2)25-18-5-4-6-24-22(18)27-7-8-28(16(12-27)13-29)21-10-15-9-17(23)20(30-3)11-19(15)26-21/h4-6,9-11,13-14,16,25-26H,7-8,12H2,1-3H3. The summed E-state index contributed by atoms with van der Waals surface area (Å²) in [6.45, 7) is 6.27. The van der Waals surface area contributed by atoms with Crippen molar-refractivity contribution in [2.45, 2.75) is 25.9 Å². The number of H-pyrrole nitrogens is 1. The van der Waals surface area contributed by atoms with Crippen LogP contribution in [-0.2, 0) is 4.79 Å². The number of piperazine rings is 1. The monoisotopic (exact) mass is 471 g/mol. The van der Waals surface area contributed by atoms with Gasteiger partial charge >= 0.3 is 0 Å². The summed E-state index contributed by atoms with van der Waals surface area (Å²) in [5.74, 6) is 2.60. The fraction of sp³-hybridized carbons (Fsp3) is 0.364. The van der Waals surface area contributed by atoms with Gasteiger partial charge in [0.25, 0.3) is 0 Å². The number of nitrogens with zero attached hydrogens (tertiary/aromatic N) is 3. The molecule has 1 aliphatic heterocycles. The minimum absolute atomic E-state index is 0.272. The van der Waals surface area contributed by atoms with Crippen LogP contribution in [0.3, 0.4) is 0 Å². The van der Waals surface area contributed by atoms with Gasteiger partial charge in [-0.1, -0.05) is 0 Å². The molecule has 7 nitrogen and oxygen atoms in total. The van der Waals surface area contributed by atoms with Crippen LogP contribution < -0.4 is 19.9 Å². The molecular weight excluding hydrogens is 446 g/mol. The summed E-state index contributed by atoms with van der Waals surface area (Å²) in [5, 5.41) is 4.52. The van der Waals surface area contributed by atoms with Gasteiger partial charge in [0.15, 0.2) is 5.82 Å². The molecule has 0 aliphatic carbocycles. The van der Waals surface area contributed by atoms with Gasteiger partial charge in [0.05, 0.1) is 22.8 Å². The Labute approximate surface area is 184 Å². The van der Waals surface area contributed by atoms with Crippen LogP contribution in [-0.4, -0.2) is 55.1 Å². The van der Waals surface area contributed by atoms with E-state index in [1.54, 1.807) is 13.3 Å². The number of rotatable bonds is 6. The highest BCUT2D eigenvalue weighted by molar-refractivity contribution is 9.10. The average Bonchev–Trinajstić information content (AvgIpc) is 3.15. The van der Waals surface area contributed by atoms with Crippen LogP contribution in [0.2, 0.25) is 0 Å². The topological polar surface area (TPSA) is 73.5 Å². The van der Waals surface area contributed by atoms with E-state index in [2.05, 4.69) is 60.9 Å². The van der Waals surface area contributed by atoms with Crippen LogP contribution in [0.1, 0.15) is 13.8 Å². The Morgan fingerprint density at radius 1 is 1.33 bits per heavy atom. The number of aromatic nitrogens is 2. The predicted octanol–water partition coefficient (Wildman–Crippen LogP) is 4.05. The van der Waals surface area contributed by atoms with Crippen molar-refractivity contribution in [2.75, 3.05) is 41.9 Å². The van der Waals surface area contributed by atoms with E-state index >= 15 is 0 Å². The molecule has 4 rings (SSSR count). The van der Waals surface area contributed by atoms with Crippen molar-refractivity contribution in [3.8, 4) is 5.75 Å². The SMILES string of the molecule is COc1cc2[nH]c(N3CCN(c4ncccc4NC(C)C)CC3C=O)cc2cc1Br. The van der Waals surface area contributed by atoms with Gasteiger partial charge in [0.1, 0.15) is 23.9 Å². The van der Waals surface area contributed by atoms with Gasteiger partial charge in [0, 0.05) is 43.3 Å². The van der Waals surface area contributed by atoms with Crippen LogP contribution in [0.25, 0.3) is 10.9 Å². The van der Waals surface area contributed by atoms with Gasteiger partial charge in [-0.05, 0) is 54.0 Å². The summed E-state index contributed by atoms with van der Waals surface area (Å²) < 4.78 is 6.30. The maximum atomic E-state index is 12.0. The van der Waals surface area contributed by atoms with E-state index in [4.69, 9.17) is 4.74 Å². The predicted molar refractivity (Wildman–Crippen MR) is 125 cm³/mol. The number of carbonyl (C=O) groups is 1. The summed E-state index contributed by atoms with van der Waals surface area (Å²) in [5.41, 5.74) is 1.97. The lowest BCUT2D eigenvalue weighted by molar-refractivity contribution is -0.109. The normalized spacial score (nSPS) is 16.9. The van der Waals surface area contributed by atoms with Crippen LogP contribution in [0.15, 0.2) is 41.0 Å². The number of nitrogens with one attached hydrogen (secondary N) is 2. The summed E-state index contributed by atoms with van der Waals surface area (Å²) in [7, 11) is 1.65. The van der Waals surface area contributed by atoms with Crippen molar-refractivity contribution in [3.05, 3.63) is 41.0 Å². The van der Waals surface area contributed by atoms with Crippen LogP contribution in [0.4, 0.5) is 17.3 Å². The summed E-state index contributed by atoms with van der Waals surface area (Å²) in [6.07, 6.45) is 2.82. The van der Waals surface area contributed by atoms with Crippen molar-refractivity contribution >= 4 is 50.4 Å². The fourth-order valence-corrected chi connectivity index (χ4v) is 4.44. The molecule has 1 fully saturated rings. The second-order valence-electron chi connectivity index (χ2n) is 7.75. The van der Waals surface area contributed by atoms with Crippen LogP contribution >= 0.6 is 15.9 Å². The minimum Gasteiger partial charge on any atom is -0.495 e. The first-order valence-corrected chi connectivity index (χ1v) is 10.8. The molecule has 0 bridgehead atoms. The van der Waals surface area contributed by atoms with Gasteiger partial charge < -0.3 is 29.6 Å². The van der Waals surface area contributed by atoms with E-state index in [1.165, 1.54) is 0 Å². The zero-order chi connectivity index (χ0) is 21.3. The maximum Gasteiger partial charge on any atom is 0.152 e. The number of halogens is 1. The van der Waals surface area contributed by atoms with E-state index in [0.717, 1.165) is 51.3 Å². The van der Waals surface area contributed by atoms with Crippen molar-refractivity contribution < 1.29 is 9.53 Å². The number of benzene rings is 1. The fourth-order valence-electron chi connectivity index (χ4n) is 3.92. The molecule has 0 spiro atoms. The highest BCUT2D eigenvalue weighted by Gasteiger charge is 2.29. The summed E-state index contributed by atoms with van der Waals surface area (Å²) >= 11 is 3.54. The number of hydrogen-bond acceptors (Lipinski definition) is 6. The lowest BCUT2D eigenvalue weighted by Gasteiger charge is -2.40. The first kappa shape index (κ1) is 20.5. The first-order chi connectivity index (χ1) is 14.5. The number of hydrogen-bond donors (Lipinski definition) is 2. The van der Waals surface area contributed by atoms with Crippen LogP contribution in [0.5, 0.6) is 5.75 Å². The van der Waals surface area contributed by atoms with Crippen molar-refractivity contribution in [2.24, 2.45) is 0 Å². The molecule has 1 aromatic carbocycles. The molecule has 30 heavy (non-hydrogen) atoms. The number of pyridine rings is 1. The third-order valence-corrected chi connectivity index (χ3v) is 5.91. The molecule has 1 unspecified atom stereocenters. The Balaban J connectivity index is 1.59. The Bertz CT molecular complexity index is 1050. The third-order valence-electron chi connectivity index (χ3n) is 5.29. The van der Waals surface area contributed by atoms with E-state index in [9.17, 15) is 4.79 Å². The number of methoxy groups -OCH3 is 1. The molecule has 2 aromatic heterocycles. The summed E-state index contributed by atoms with van der Waals surface area (Å²) in [6, 6.07) is 10.1. The average molecular weight is 472 g/mol. The molecule has 1 saturated heterocycles. The molecule has 158 valence electrons. The Hall–Kier alpha value is -2.74. The lowest BCUT2D eigenvalue weighted by atomic mass is 10.1. The zero-order valence-corrected chi connectivity index (χ0v) is 18.9. The number of ether oxygens (including phenoxy) is 1. The molecule has 1 atom stereocenters. The molecule has 0 radical (unpaired) electrons. The maximum absolute atomic E-state index is 12.0. The van der Waals surface area contributed by atoms with Gasteiger partial charge in [-0.15, -0.1) is 0 Å². The summed E-state index contributed by atoms with van der Waals surface area (Å²) in [4.78, 5) is 24.3. The Morgan fingerprint density at radius 2 is 2.17 bits per heavy atom. The smallest absolute Gasteiger partial charge is 0.152 e. The molecule has 3 heterocycles. The molecular formula is C22H26BrN5O2. The Kier molecular flexibility index (Phi) is 5.85. The quantitative estimate of drug-likeness (QED) is 0.528. The van der Waals surface area contributed by atoms with Crippen molar-refractivity contribution in [3.63, 3.8) is 0 Å². The number of fused-ring (bicyclic) bond motifs is 1. The third kappa shape index (κ3) is 3.96. The van der Waals surface area contributed by atoms with E-state index in [-0.39, 0.29) is 6.04 Å². The van der Waals surface area contributed by atoms with Crippen molar-refractivity contribution in [1.29, 1.82) is 0 Å². The second-order valence-corrected chi connectivity index (χ2v) is 8.60. The van der Waals surface area contributed by atoms with Gasteiger partial charge in [-0.25, -0.2) is 4.98 Å². The van der Waals surface area contributed by atoms with Crippen LogP contribution in [0, 0.1) is 0 Å².